The minimum Gasteiger partial charge on any atom is -0.869 e. The van der Waals surface area contributed by atoms with Crippen molar-refractivity contribution in [2.24, 2.45) is 0 Å². The van der Waals surface area contributed by atoms with Crippen molar-refractivity contribution in [2.75, 3.05) is 6.61 Å². The van der Waals surface area contributed by atoms with Crippen LogP contribution in [0.15, 0.2) is 60.7 Å². The van der Waals surface area contributed by atoms with Crippen molar-refractivity contribution in [3.63, 3.8) is 0 Å². The molecule has 3 nitrogen and oxygen atoms in total. The van der Waals surface area contributed by atoms with E-state index in [-0.39, 0.29) is 65.2 Å². The molecule has 3 rings (SSSR count). The third kappa shape index (κ3) is 3.70. The molecule has 0 spiro atoms. The first-order valence-electron chi connectivity index (χ1n) is 6.83. The summed E-state index contributed by atoms with van der Waals surface area (Å²) in [5.41, 5.74) is 0. The fourth-order valence-corrected chi connectivity index (χ4v) is 13.6. The summed E-state index contributed by atoms with van der Waals surface area (Å²) in [6.45, 7) is 0.523. The van der Waals surface area contributed by atoms with Crippen molar-refractivity contribution in [1.29, 1.82) is 0 Å². The zero-order chi connectivity index (χ0) is 14.1. The molecule has 104 valence electrons. The van der Waals surface area contributed by atoms with Crippen LogP contribution in [0.2, 0.25) is 6.04 Å². The molecule has 0 atom stereocenters. The van der Waals surface area contributed by atoms with E-state index < -0.39 is 15.9 Å². The predicted octanol–water partition coefficient (Wildman–Crippen LogP) is -6.58. The van der Waals surface area contributed by atoms with Crippen LogP contribution >= 0.6 is 0 Å². The molecule has 2 aromatic rings. The van der Waals surface area contributed by atoms with Crippen LogP contribution in [-0.2, 0) is 4.43 Å². The Morgan fingerprint density at radius 2 is 1.23 bits per heavy atom. The molecule has 1 saturated heterocycles. The van der Waals surface area contributed by atoms with E-state index >= 15 is 0 Å². The standard InChI is InChI=1S/C15H16O3Si2.2Na/c16-19(17)13-7-12-18-20(19,14-8-3-1-4-9-14)15-10-5-2-6-11-15;;/h1-6,8-11H,7,12-13H2;;/q-2;2*+1. The molecule has 1 heterocycles. The van der Waals surface area contributed by atoms with E-state index in [4.69, 9.17) is 4.43 Å². The van der Waals surface area contributed by atoms with Crippen LogP contribution in [0.4, 0.5) is 0 Å². The van der Waals surface area contributed by atoms with E-state index in [9.17, 15) is 9.59 Å². The monoisotopic (exact) mass is 346 g/mol. The van der Waals surface area contributed by atoms with Gasteiger partial charge in [0.25, 0.3) is 0 Å². The van der Waals surface area contributed by atoms with Crippen molar-refractivity contribution in [2.45, 2.75) is 12.5 Å². The average molecular weight is 346 g/mol. The number of rotatable bonds is 2. The molecule has 0 aromatic heterocycles. The molecule has 0 unspecified atom stereocenters. The average Bonchev–Trinajstić information content (AvgIpc) is 2.49. The Balaban J connectivity index is 0.00000121. The van der Waals surface area contributed by atoms with Crippen LogP contribution in [0.1, 0.15) is 6.42 Å². The van der Waals surface area contributed by atoms with Gasteiger partial charge in [-0.05, 0) is 16.8 Å². The van der Waals surface area contributed by atoms with Crippen molar-refractivity contribution in [3.8, 4) is 0 Å². The van der Waals surface area contributed by atoms with Gasteiger partial charge in [0.2, 0.25) is 7.83 Å². The maximum absolute atomic E-state index is 12.9. The third-order valence-corrected chi connectivity index (χ3v) is 15.0. The molecule has 0 amide bonds. The largest absolute Gasteiger partial charge is 1.00 e. The van der Waals surface area contributed by atoms with Crippen LogP contribution in [0.5, 0.6) is 0 Å². The molecule has 0 aliphatic carbocycles. The minimum atomic E-state index is -3.94. The Hall–Kier alpha value is 0.754. The predicted molar refractivity (Wildman–Crippen MR) is 79.0 cm³/mol. The summed E-state index contributed by atoms with van der Waals surface area (Å²) in [7, 11) is -7.07. The third-order valence-electron chi connectivity index (χ3n) is 3.87. The van der Waals surface area contributed by atoms with Gasteiger partial charge in [-0.25, -0.2) is 0 Å². The number of hydrogen-bond donors (Lipinski definition) is 0. The first kappa shape index (κ1) is 20.8. The Bertz CT molecular complexity index is 542. The maximum Gasteiger partial charge on any atom is 1.00 e. The Morgan fingerprint density at radius 1 is 0.773 bits per heavy atom. The topological polar surface area (TPSA) is 55.3 Å². The van der Waals surface area contributed by atoms with Gasteiger partial charge in [-0.15, -0.1) is 8.08 Å². The van der Waals surface area contributed by atoms with Gasteiger partial charge in [-0.3, -0.25) is 0 Å². The molecule has 2 aromatic carbocycles. The fourth-order valence-electron chi connectivity index (χ4n) is 2.94. The van der Waals surface area contributed by atoms with E-state index in [1.807, 2.05) is 60.7 Å². The molecule has 0 bridgehead atoms. The van der Waals surface area contributed by atoms with E-state index in [0.717, 1.165) is 10.4 Å². The summed E-state index contributed by atoms with van der Waals surface area (Å²) in [4.78, 5) is 25.8. The molecule has 7 heteroatoms. The van der Waals surface area contributed by atoms with Gasteiger partial charge < -0.3 is 14.0 Å². The van der Waals surface area contributed by atoms with Gasteiger partial charge in [0.1, 0.15) is 0 Å². The van der Waals surface area contributed by atoms with Crippen LogP contribution in [0.3, 0.4) is 0 Å². The first-order chi connectivity index (χ1) is 9.67. The number of benzene rings is 2. The van der Waals surface area contributed by atoms with E-state index in [1.54, 1.807) is 0 Å². The minimum absolute atomic E-state index is 0. The molecular formula is C15H16Na2O3Si2. The van der Waals surface area contributed by atoms with E-state index in [1.165, 1.54) is 0 Å². The van der Waals surface area contributed by atoms with Crippen LogP contribution < -0.4 is 79.1 Å². The normalized spacial score (nSPS) is 18.6. The summed E-state index contributed by atoms with van der Waals surface area (Å²) in [6.07, 6.45) is 0.605. The molecule has 1 aliphatic heterocycles. The van der Waals surface area contributed by atoms with E-state index in [2.05, 4.69) is 0 Å². The van der Waals surface area contributed by atoms with Crippen LogP contribution in [0, 0.1) is 0 Å². The van der Waals surface area contributed by atoms with E-state index in [0.29, 0.717) is 13.0 Å². The van der Waals surface area contributed by atoms with Crippen LogP contribution in [0.25, 0.3) is 0 Å². The molecule has 0 saturated carbocycles. The molecule has 22 heavy (non-hydrogen) atoms. The van der Waals surface area contributed by atoms with Crippen molar-refractivity contribution < 1.29 is 73.1 Å². The van der Waals surface area contributed by atoms with Crippen molar-refractivity contribution in [1.82, 2.24) is 0 Å². The van der Waals surface area contributed by atoms with Gasteiger partial charge >= 0.3 is 59.1 Å². The second-order valence-electron chi connectivity index (χ2n) is 5.12. The summed E-state index contributed by atoms with van der Waals surface area (Å²) < 4.78 is 6.03. The molecule has 0 radical (unpaired) electrons. The van der Waals surface area contributed by atoms with Gasteiger partial charge in [0.15, 0.2) is 0 Å². The van der Waals surface area contributed by atoms with Crippen molar-refractivity contribution in [3.05, 3.63) is 60.7 Å². The second-order valence-corrected chi connectivity index (χ2v) is 14.3. The summed E-state index contributed by atoms with van der Waals surface area (Å²) >= 11 is 0. The second kappa shape index (κ2) is 8.73. The van der Waals surface area contributed by atoms with Gasteiger partial charge in [0, 0.05) is 6.61 Å². The Kier molecular flexibility index (Phi) is 8.26. The zero-order valence-electron chi connectivity index (χ0n) is 13.1. The van der Waals surface area contributed by atoms with Crippen LogP contribution in [-0.4, -0.2) is 22.5 Å². The summed E-state index contributed by atoms with van der Waals surface area (Å²) in [5, 5.41) is 1.67. The quantitative estimate of drug-likeness (QED) is 0.508. The van der Waals surface area contributed by atoms with Gasteiger partial charge in [-0.1, -0.05) is 66.7 Å². The molecule has 0 N–H and O–H groups in total. The van der Waals surface area contributed by atoms with Gasteiger partial charge in [-0.2, -0.15) is 0 Å². The Morgan fingerprint density at radius 3 is 1.64 bits per heavy atom. The maximum atomic E-state index is 12.9. The fraction of sp³-hybridized carbons (Fsp3) is 0.200. The molecule has 1 fully saturated rings. The summed E-state index contributed by atoms with van der Waals surface area (Å²) in [6, 6.07) is 19.2. The SMILES string of the molecule is [Na+].[Na+].[O-][Si]1([O-])CCCO[Si]1(c1ccccc1)c1ccccc1. The van der Waals surface area contributed by atoms with Crippen molar-refractivity contribution >= 4 is 26.3 Å². The van der Waals surface area contributed by atoms with Gasteiger partial charge in [0.05, 0.1) is 0 Å². The smallest absolute Gasteiger partial charge is 0.869 e. The zero-order valence-corrected chi connectivity index (χ0v) is 19.1. The molecule has 1 aliphatic rings. The first-order valence-corrected chi connectivity index (χ1v) is 11.8. The Labute approximate surface area is 177 Å². The molecular weight excluding hydrogens is 330 g/mol. The number of hydrogen-bond acceptors (Lipinski definition) is 3. The summed E-state index contributed by atoms with van der Waals surface area (Å²) in [5.74, 6) is 0.